The number of amides is 3. The van der Waals surface area contributed by atoms with E-state index in [-0.39, 0.29) is 31.0 Å². The van der Waals surface area contributed by atoms with Crippen molar-refractivity contribution in [3.63, 3.8) is 0 Å². The molecule has 3 N–H and O–H groups in total. The molecule has 2 bridgehead atoms. The molecule has 0 saturated carbocycles. The van der Waals surface area contributed by atoms with Crippen LogP contribution < -0.4 is 10.6 Å². The molecule has 1 aromatic heterocycles. The molecule has 6 atom stereocenters. The first kappa shape index (κ1) is 28.3. The number of nitrogens with one attached hydrogen (secondary N) is 2. The first-order valence-electron chi connectivity index (χ1n) is 14.7. The van der Waals surface area contributed by atoms with Gasteiger partial charge in [0.1, 0.15) is 23.8 Å². The standard InChI is InChI=1S/C31H38N6O5/c1-19(2)15-21(17-38)37-26(28(40)33-18-36-23-12-8-7-11-22(23)34-35-36)31-14-13-30(3,42-31)24(25(31)29(37)41)27(39)32-16-20-9-5-4-6-10-20/h4-12,19,21,24-26,38H,13-18H2,1-3H3,(H,32,39)(H,33,40)/t21-,24-,25+,26?,30+,31?/m1/s1. The van der Waals surface area contributed by atoms with Gasteiger partial charge in [0.15, 0.2) is 0 Å². The van der Waals surface area contributed by atoms with Crippen LogP contribution in [0.25, 0.3) is 11.0 Å². The minimum atomic E-state index is -1.18. The summed E-state index contributed by atoms with van der Waals surface area (Å²) in [5, 5.41) is 24.8. The smallest absolute Gasteiger partial charge is 0.247 e. The number of fused-ring (bicyclic) bond motifs is 2. The van der Waals surface area contributed by atoms with Gasteiger partial charge in [-0.1, -0.05) is 61.5 Å². The zero-order valence-corrected chi connectivity index (χ0v) is 24.2. The molecule has 0 radical (unpaired) electrons. The average molecular weight is 575 g/mol. The lowest BCUT2D eigenvalue weighted by atomic mass is 9.66. The van der Waals surface area contributed by atoms with Crippen LogP contribution in [0.3, 0.4) is 0 Å². The van der Waals surface area contributed by atoms with Gasteiger partial charge in [-0.05, 0) is 49.8 Å². The van der Waals surface area contributed by atoms with E-state index in [1.807, 2.05) is 75.4 Å². The fourth-order valence-corrected chi connectivity index (χ4v) is 7.46. The minimum absolute atomic E-state index is 0.0465. The van der Waals surface area contributed by atoms with Crippen LogP contribution in [-0.2, 0) is 32.3 Å². The van der Waals surface area contributed by atoms with Crippen molar-refractivity contribution in [2.45, 2.75) is 76.5 Å². The molecule has 2 aromatic carbocycles. The number of aliphatic hydroxyl groups excluding tert-OH is 1. The number of hydrogen-bond donors (Lipinski definition) is 3. The summed E-state index contributed by atoms with van der Waals surface area (Å²) in [6, 6.07) is 15.4. The molecular weight excluding hydrogens is 536 g/mol. The molecule has 42 heavy (non-hydrogen) atoms. The van der Waals surface area contributed by atoms with Crippen LogP contribution in [0.1, 0.15) is 45.6 Å². The number of benzene rings is 2. The van der Waals surface area contributed by atoms with Crippen LogP contribution in [0, 0.1) is 17.8 Å². The normalized spacial score (nSPS) is 28.8. The second kappa shape index (κ2) is 10.8. The van der Waals surface area contributed by atoms with Crippen LogP contribution in [0.4, 0.5) is 0 Å². The number of hydrogen-bond acceptors (Lipinski definition) is 7. The molecule has 2 unspecified atom stereocenters. The van der Waals surface area contributed by atoms with E-state index < -0.39 is 41.0 Å². The maximum atomic E-state index is 14.4. The summed E-state index contributed by atoms with van der Waals surface area (Å²) in [6.45, 7) is 5.97. The van der Waals surface area contributed by atoms with E-state index in [4.69, 9.17) is 4.74 Å². The third-order valence-corrected chi connectivity index (χ3v) is 9.23. The number of rotatable bonds is 10. The van der Waals surface area contributed by atoms with E-state index in [2.05, 4.69) is 20.9 Å². The van der Waals surface area contributed by atoms with Gasteiger partial charge in [-0.2, -0.15) is 0 Å². The van der Waals surface area contributed by atoms with Crippen LogP contribution in [0.15, 0.2) is 54.6 Å². The van der Waals surface area contributed by atoms with Crippen molar-refractivity contribution in [3.8, 4) is 0 Å². The molecule has 11 nitrogen and oxygen atoms in total. The number of para-hydroxylation sites is 1. The molecule has 3 aliphatic heterocycles. The number of likely N-dealkylation sites (tertiary alicyclic amines) is 1. The zero-order valence-electron chi connectivity index (χ0n) is 24.2. The van der Waals surface area contributed by atoms with Crippen molar-refractivity contribution in [2.75, 3.05) is 6.61 Å². The maximum Gasteiger partial charge on any atom is 0.247 e. The Morgan fingerprint density at radius 2 is 1.81 bits per heavy atom. The quantitative estimate of drug-likeness (QED) is 0.337. The van der Waals surface area contributed by atoms with E-state index >= 15 is 0 Å². The summed E-state index contributed by atoms with van der Waals surface area (Å²) in [7, 11) is 0. The molecule has 3 amide bonds. The number of ether oxygens (including phenoxy) is 1. The molecule has 1 spiro atoms. The Labute approximate surface area is 244 Å². The van der Waals surface area contributed by atoms with Gasteiger partial charge in [-0.3, -0.25) is 14.4 Å². The predicted octanol–water partition coefficient (Wildman–Crippen LogP) is 1.99. The van der Waals surface area contributed by atoms with E-state index in [0.717, 1.165) is 11.1 Å². The molecule has 3 aromatic rings. The predicted molar refractivity (Wildman–Crippen MR) is 153 cm³/mol. The molecule has 11 heteroatoms. The fraction of sp³-hybridized carbons (Fsp3) is 0.516. The summed E-state index contributed by atoms with van der Waals surface area (Å²) in [6.07, 6.45) is 1.51. The van der Waals surface area contributed by atoms with Gasteiger partial charge in [-0.25, -0.2) is 4.68 Å². The summed E-state index contributed by atoms with van der Waals surface area (Å²) < 4.78 is 8.29. The lowest BCUT2D eigenvalue weighted by Crippen LogP contribution is -2.58. The van der Waals surface area contributed by atoms with E-state index in [0.29, 0.717) is 31.3 Å². The minimum Gasteiger partial charge on any atom is -0.394 e. The highest BCUT2D eigenvalue weighted by Gasteiger charge is 2.78. The van der Waals surface area contributed by atoms with Gasteiger partial charge in [0.25, 0.3) is 0 Å². The third-order valence-electron chi connectivity index (χ3n) is 9.23. The zero-order chi connectivity index (χ0) is 29.6. The van der Waals surface area contributed by atoms with Crippen LogP contribution in [0.2, 0.25) is 0 Å². The van der Waals surface area contributed by atoms with Gasteiger partial charge in [-0.15, -0.1) is 5.10 Å². The number of carbonyl (C=O) groups excluding carboxylic acids is 3. The molecule has 3 fully saturated rings. The van der Waals surface area contributed by atoms with E-state index in [1.165, 1.54) is 4.90 Å². The number of nitrogens with zero attached hydrogens (tertiary/aromatic N) is 4. The lowest BCUT2D eigenvalue weighted by molar-refractivity contribution is -0.150. The van der Waals surface area contributed by atoms with E-state index in [9.17, 15) is 19.5 Å². The van der Waals surface area contributed by atoms with Crippen molar-refractivity contribution in [1.82, 2.24) is 30.5 Å². The molecule has 0 aliphatic carbocycles. The summed E-state index contributed by atoms with van der Waals surface area (Å²) in [4.78, 5) is 43.8. The fourth-order valence-electron chi connectivity index (χ4n) is 7.46. The highest BCUT2D eigenvalue weighted by Crippen LogP contribution is 2.63. The Morgan fingerprint density at radius 1 is 1.07 bits per heavy atom. The Morgan fingerprint density at radius 3 is 2.55 bits per heavy atom. The first-order valence-corrected chi connectivity index (χ1v) is 14.7. The molecule has 3 saturated heterocycles. The summed E-state index contributed by atoms with van der Waals surface area (Å²) >= 11 is 0. The third kappa shape index (κ3) is 4.55. The van der Waals surface area contributed by atoms with Crippen LogP contribution >= 0.6 is 0 Å². The SMILES string of the molecule is CC(C)C[C@H](CO)N1C(=O)[C@@H]2[C@H](C(=O)NCc3ccccc3)[C@]3(C)CCC2(O3)C1C(=O)NCn1nnc2ccccc21. The Bertz CT molecular complexity index is 1490. The van der Waals surface area contributed by atoms with Crippen molar-refractivity contribution < 1.29 is 24.2 Å². The topological polar surface area (TPSA) is 139 Å². The van der Waals surface area contributed by atoms with E-state index in [1.54, 1.807) is 4.68 Å². The summed E-state index contributed by atoms with van der Waals surface area (Å²) in [5.74, 6) is -2.42. The highest BCUT2D eigenvalue weighted by atomic mass is 16.5. The number of aliphatic hydroxyl groups is 1. The van der Waals surface area contributed by atoms with Crippen molar-refractivity contribution in [1.29, 1.82) is 0 Å². The first-order chi connectivity index (χ1) is 20.2. The molecule has 4 heterocycles. The lowest BCUT2D eigenvalue weighted by Gasteiger charge is -2.37. The Hall–Kier alpha value is -3.83. The van der Waals surface area contributed by atoms with Crippen LogP contribution in [-0.4, -0.2) is 72.6 Å². The van der Waals surface area contributed by atoms with Gasteiger partial charge in [0.05, 0.1) is 35.6 Å². The van der Waals surface area contributed by atoms with Crippen molar-refractivity contribution in [3.05, 3.63) is 60.2 Å². The largest absolute Gasteiger partial charge is 0.394 e. The van der Waals surface area contributed by atoms with Crippen molar-refractivity contribution >= 4 is 28.8 Å². The van der Waals surface area contributed by atoms with Gasteiger partial charge < -0.3 is 25.4 Å². The number of carbonyl (C=O) groups is 3. The second-order valence-corrected chi connectivity index (χ2v) is 12.4. The molecule has 222 valence electrons. The van der Waals surface area contributed by atoms with Crippen molar-refractivity contribution in [2.24, 2.45) is 17.8 Å². The second-order valence-electron chi connectivity index (χ2n) is 12.4. The maximum absolute atomic E-state index is 14.4. The average Bonchev–Trinajstić information content (AvgIpc) is 3.69. The monoisotopic (exact) mass is 574 g/mol. The van der Waals surface area contributed by atoms with Crippen LogP contribution in [0.5, 0.6) is 0 Å². The number of aromatic nitrogens is 3. The highest BCUT2D eigenvalue weighted by molar-refractivity contribution is 5.99. The summed E-state index contributed by atoms with van der Waals surface area (Å²) in [5.41, 5.74) is 0.349. The van der Waals surface area contributed by atoms with Gasteiger partial charge in [0, 0.05) is 6.54 Å². The molecule has 3 aliphatic rings. The van der Waals surface area contributed by atoms with Gasteiger partial charge in [0.2, 0.25) is 17.7 Å². The Balaban J connectivity index is 1.31. The molecule has 6 rings (SSSR count). The molecular formula is C31H38N6O5. The Kier molecular flexibility index (Phi) is 7.26. The van der Waals surface area contributed by atoms with Gasteiger partial charge >= 0.3 is 0 Å².